The van der Waals surface area contributed by atoms with Crippen LogP contribution in [0.5, 0.6) is 0 Å². The maximum absolute atomic E-state index is 11.8. The van der Waals surface area contributed by atoms with Gasteiger partial charge in [-0.3, -0.25) is 4.79 Å². The molecule has 1 N–H and O–H groups in total. The number of amides is 1. The van der Waals surface area contributed by atoms with Gasteiger partial charge in [-0.2, -0.15) is 5.10 Å². The Morgan fingerprint density at radius 3 is 2.61 bits per heavy atom. The Bertz CT molecular complexity index is 559. The van der Waals surface area contributed by atoms with E-state index in [4.69, 9.17) is 4.42 Å². The van der Waals surface area contributed by atoms with E-state index in [0.29, 0.717) is 17.0 Å². The number of furan rings is 1. The van der Waals surface area contributed by atoms with Crippen LogP contribution in [0.1, 0.15) is 23.0 Å². The number of nitrogens with one attached hydrogen (secondary N) is 1. The molecule has 0 spiro atoms. The highest BCUT2D eigenvalue weighted by atomic mass is 79.9. The largest absolute Gasteiger partial charge is 0.463 e. The van der Waals surface area contributed by atoms with E-state index in [0.717, 1.165) is 4.47 Å². The maximum Gasteiger partial charge on any atom is 0.271 e. The Kier molecular flexibility index (Phi) is 3.94. The third kappa shape index (κ3) is 3.07. The van der Waals surface area contributed by atoms with Gasteiger partial charge in [0.25, 0.3) is 5.91 Å². The van der Waals surface area contributed by atoms with Crippen molar-refractivity contribution < 1.29 is 9.21 Å². The molecular formula is C13H11BrN2O2. The first-order valence-electron chi connectivity index (χ1n) is 5.31. The number of nitrogens with zero attached hydrogens (tertiary/aromatic N) is 1. The topological polar surface area (TPSA) is 54.6 Å². The molecule has 2 rings (SSSR count). The lowest BCUT2D eigenvalue weighted by atomic mass is 10.2. The summed E-state index contributed by atoms with van der Waals surface area (Å²) in [5.74, 6) is 0.375. The number of halogens is 1. The Morgan fingerprint density at radius 1 is 1.28 bits per heavy atom. The second kappa shape index (κ2) is 5.64. The van der Waals surface area contributed by atoms with Gasteiger partial charge in [0.1, 0.15) is 11.5 Å². The fourth-order valence-electron chi connectivity index (χ4n) is 1.34. The van der Waals surface area contributed by atoms with Crippen LogP contribution in [-0.4, -0.2) is 11.6 Å². The number of hydrogen-bond acceptors (Lipinski definition) is 3. The van der Waals surface area contributed by atoms with Gasteiger partial charge in [-0.05, 0) is 43.3 Å². The van der Waals surface area contributed by atoms with Crippen molar-refractivity contribution in [2.45, 2.75) is 6.92 Å². The monoisotopic (exact) mass is 306 g/mol. The number of carbonyl (C=O) groups excluding carboxylic acids is 1. The summed E-state index contributed by atoms with van der Waals surface area (Å²) in [5.41, 5.74) is 3.65. The van der Waals surface area contributed by atoms with Crippen LogP contribution in [0.25, 0.3) is 0 Å². The smallest absolute Gasteiger partial charge is 0.271 e. The molecule has 0 saturated carbocycles. The van der Waals surface area contributed by atoms with Crippen LogP contribution in [-0.2, 0) is 0 Å². The predicted molar refractivity (Wildman–Crippen MR) is 72.5 cm³/mol. The normalized spacial score (nSPS) is 11.3. The van der Waals surface area contributed by atoms with Gasteiger partial charge >= 0.3 is 0 Å². The molecule has 0 aliphatic carbocycles. The van der Waals surface area contributed by atoms with Crippen molar-refractivity contribution in [3.63, 3.8) is 0 Å². The lowest BCUT2D eigenvalue weighted by molar-refractivity contribution is 0.0955. The van der Waals surface area contributed by atoms with E-state index in [1.807, 2.05) is 0 Å². The van der Waals surface area contributed by atoms with Gasteiger partial charge in [0.2, 0.25) is 0 Å². The molecule has 2 aromatic rings. The van der Waals surface area contributed by atoms with Crippen LogP contribution >= 0.6 is 15.9 Å². The summed E-state index contributed by atoms with van der Waals surface area (Å²) in [4.78, 5) is 11.8. The Morgan fingerprint density at radius 2 is 2.00 bits per heavy atom. The highest BCUT2D eigenvalue weighted by molar-refractivity contribution is 9.10. The van der Waals surface area contributed by atoms with Gasteiger partial charge in [-0.1, -0.05) is 15.9 Å². The number of hydrazone groups is 1. The lowest BCUT2D eigenvalue weighted by Gasteiger charge is -2.01. The van der Waals surface area contributed by atoms with Crippen molar-refractivity contribution in [1.82, 2.24) is 5.43 Å². The van der Waals surface area contributed by atoms with Gasteiger partial charge in [0.15, 0.2) is 0 Å². The second-order valence-electron chi connectivity index (χ2n) is 3.62. The van der Waals surface area contributed by atoms with Gasteiger partial charge < -0.3 is 4.42 Å². The first-order chi connectivity index (χ1) is 8.66. The Balaban J connectivity index is 2.04. The quantitative estimate of drug-likeness (QED) is 0.699. The molecule has 18 heavy (non-hydrogen) atoms. The lowest BCUT2D eigenvalue weighted by Crippen LogP contribution is -2.19. The SMILES string of the molecule is CC(=NNC(=O)c1ccc(Br)cc1)c1ccco1. The average Bonchev–Trinajstić information content (AvgIpc) is 2.90. The third-order valence-electron chi connectivity index (χ3n) is 2.31. The highest BCUT2D eigenvalue weighted by Gasteiger charge is 2.05. The Hall–Kier alpha value is -1.88. The zero-order valence-electron chi connectivity index (χ0n) is 9.68. The summed E-state index contributed by atoms with van der Waals surface area (Å²) < 4.78 is 6.09. The summed E-state index contributed by atoms with van der Waals surface area (Å²) in [6.07, 6.45) is 1.56. The van der Waals surface area contributed by atoms with E-state index in [9.17, 15) is 4.79 Å². The van der Waals surface area contributed by atoms with Gasteiger partial charge in [-0.25, -0.2) is 5.43 Å². The summed E-state index contributed by atoms with van der Waals surface area (Å²) in [6, 6.07) is 10.6. The predicted octanol–water partition coefficient (Wildman–Crippen LogP) is 3.20. The molecule has 0 saturated heterocycles. The van der Waals surface area contributed by atoms with Crippen molar-refractivity contribution >= 4 is 27.5 Å². The molecule has 0 aliphatic rings. The van der Waals surface area contributed by atoms with E-state index < -0.39 is 0 Å². The van der Waals surface area contributed by atoms with Gasteiger partial charge in [0, 0.05) is 10.0 Å². The van der Waals surface area contributed by atoms with E-state index >= 15 is 0 Å². The van der Waals surface area contributed by atoms with E-state index in [2.05, 4.69) is 26.5 Å². The summed E-state index contributed by atoms with van der Waals surface area (Å²) >= 11 is 3.31. The number of carbonyl (C=O) groups is 1. The molecule has 0 fully saturated rings. The van der Waals surface area contributed by atoms with Crippen molar-refractivity contribution in [2.75, 3.05) is 0 Å². The standard InChI is InChI=1S/C13H11BrN2O2/c1-9(12-3-2-8-18-12)15-16-13(17)10-4-6-11(14)7-5-10/h2-8H,1H3,(H,16,17). The molecule has 1 amide bonds. The number of rotatable bonds is 3. The molecule has 92 valence electrons. The zero-order valence-corrected chi connectivity index (χ0v) is 11.3. The van der Waals surface area contributed by atoms with Crippen molar-refractivity contribution in [2.24, 2.45) is 5.10 Å². The molecule has 0 radical (unpaired) electrons. The van der Waals surface area contributed by atoms with E-state index in [-0.39, 0.29) is 5.91 Å². The van der Waals surface area contributed by atoms with Crippen LogP contribution in [0.4, 0.5) is 0 Å². The fraction of sp³-hybridized carbons (Fsp3) is 0.0769. The minimum Gasteiger partial charge on any atom is -0.463 e. The van der Waals surface area contributed by atoms with Crippen molar-refractivity contribution in [1.29, 1.82) is 0 Å². The molecule has 1 aromatic carbocycles. The van der Waals surface area contributed by atoms with Gasteiger partial charge in [0.05, 0.1) is 6.26 Å². The number of hydrogen-bond donors (Lipinski definition) is 1. The second-order valence-corrected chi connectivity index (χ2v) is 4.54. The molecule has 5 heteroatoms. The molecule has 0 atom stereocenters. The maximum atomic E-state index is 11.8. The Labute approximate surface area is 113 Å². The first-order valence-corrected chi connectivity index (χ1v) is 6.10. The number of benzene rings is 1. The van der Waals surface area contributed by atoms with Crippen LogP contribution in [0.3, 0.4) is 0 Å². The minimum atomic E-state index is -0.256. The molecule has 0 unspecified atom stereocenters. The molecule has 0 bridgehead atoms. The molecule has 4 nitrogen and oxygen atoms in total. The van der Waals surface area contributed by atoms with Crippen LogP contribution in [0.2, 0.25) is 0 Å². The van der Waals surface area contributed by atoms with E-state index in [1.165, 1.54) is 0 Å². The van der Waals surface area contributed by atoms with Crippen molar-refractivity contribution in [3.05, 3.63) is 58.5 Å². The minimum absolute atomic E-state index is 0.256. The fourth-order valence-corrected chi connectivity index (χ4v) is 1.60. The van der Waals surface area contributed by atoms with Gasteiger partial charge in [-0.15, -0.1) is 0 Å². The van der Waals surface area contributed by atoms with Crippen LogP contribution in [0.15, 0.2) is 56.7 Å². The van der Waals surface area contributed by atoms with E-state index in [1.54, 1.807) is 49.6 Å². The molecular weight excluding hydrogens is 296 g/mol. The molecule has 0 aliphatic heterocycles. The van der Waals surface area contributed by atoms with Crippen LogP contribution in [0, 0.1) is 0 Å². The van der Waals surface area contributed by atoms with Crippen LogP contribution < -0.4 is 5.43 Å². The summed E-state index contributed by atoms with van der Waals surface area (Å²) in [6.45, 7) is 1.76. The summed E-state index contributed by atoms with van der Waals surface area (Å²) in [5, 5.41) is 3.98. The van der Waals surface area contributed by atoms with Crippen molar-refractivity contribution in [3.8, 4) is 0 Å². The first kappa shape index (κ1) is 12.6. The average molecular weight is 307 g/mol. The molecule has 1 heterocycles. The third-order valence-corrected chi connectivity index (χ3v) is 2.84. The molecule has 1 aromatic heterocycles. The zero-order chi connectivity index (χ0) is 13.0. The summed E-state index contributed by atoms with van der Waals surface area (Å²) in [7, 11) is 0. The highest BCUT2D eigenvalue weighted by Crippen LogP contribution is 2.10.